The fraction of sp³-hybridized carbons (Fsp3) is 0.600. The highest BCUT2D eigenvalue weighted by atomic mass is 16.5. The predicted octanol–water partition coefficient (Wildman–Crippen LogP) is 3.37. The zero-order valence-electron chi connectivity index (χ0n) is 10.7. The third kappa shape index (κ3) is 3.74. The lowest BCUT2D eigenvalue weighted by molar-refractivity contribution is 0.406. The summed E-state index contributed by atoms with van der Waals surface area (Å²) in [5.74, 6) is 1.96. The van der Waals surface area contributed by atoms with Crippen LogP contribution in [0, 0.1) is 5.92 Å². The molecule has 0 aliphatic heterocycles. The van der Waals surface area contributed by atoms with Gasteiger partial charge in [0.05, 0.1) is 7.11 Å². The summed E-state index contributed by atoms with van der Waals surface area (Å²) in [6, 6.07) is 8.23. The average Bonchev–Trinajstić information content (AvgIpc) is 2.88. The highest BCUT2D eigenvalue weighted by Gasteiger charge is 2.13. The molecule has 1 aliphatic rings. The fourth-order valence-corrected chi connectivity index (χ4v) is 2.68. The van der Waals surface area contributed by atoms with Crippen LogP contribution in [-0.2, 0) is 6.54 Å². The average molecular weight is 233 g/mol. The molecule has 0 radical (unpaired) electrons. The molecule has 2 nitrogen and oxygen atoms in total. The van der Waals surface area contributed by atoms with Crippen LogP contribution in [0.15, 0.2) is 24.3 Å². The van der Waals surface area contributed by atoms with E-state index in [0.29, 0.717) is 0 Å². The van der Waals surface area contributed by atoms with E-state index in [1.54, 1.807) is 7.11 Å². The Morgan fingerprint density at radius 3 is 2.76 bits per heavy atom. The van der Waals surface area contributed by atoms with Gasteiger partial charge in [0.2, 0.25) is 0 Å². The summed E-state index contributed by atoms with van der Waals surface area (Å²) in [6.45, 7) is 2.04. The van der Waals surface area contributed by atoms with Crippen molar-refractivity contribution in [2.24, 2.45) is 5.92 Å². The number of benzene rings is 1. The number of hydrogen-bond donors (Lipinski definition) is 1. The first-order valence-corrected chi connectivity index (χ1v) is 6.73. The number of hydrogen-bond acceptors (Lipinski definition) is 2. The van der Waals surface area contributed by atoms with Crippen molar-refractivity contribution in [1.82, 2.24) is 5.32 Å². The molecule has 0 aromatic heterocycles. The summed E-state index contributed by atoms with van der Waals surface area (Å²) in [5, 5.41) is 3.52. The van der Waals surface area contributed by atoms with E-state index < -0.39 is 0 Å². The van der Waals surface area contributed by atoms with Gasteiger partial charge in [-0.25, -0.2) is 0 Å². The minimum Gasteiger partial charge on any atom is -0.496 e. The third-order valence-electron chi connectivity index (χ3n) is 3.71. The van der Waals surface area contributed by atoms with Crippen molar-refractivity contribution in [1.29, 1.82) is 0 Å². The Hall–Kier alpha value is -1.02. The number of rotatable bonds is 6. The van der Waals surface area contributed by atoms with E-state index in [1.807, 2.05) is 12.1 Å². The molecule has 0 unspecified atom stereocenters. The first-order valence-electron chi connectivity index (χ1n) is 6.73. The highest BCUT2D eigenvalue weighted by molar-refractivity contribution is 5.32. The van der Waals surface area contributed by atoms with Crippen molar-refractivity contribution in [2.75, 3.05) is 13.7 Å². The van der Waals surface area contributed by atoms with Crippen LogP contribution in [0.25, 0.3) is 0 Å². The van der Waals surface area contributed by atoms with E-state index in [1.165, 1.54) is 37.7 Å². The summed E-state index contributed by atoms with van der Waals surface area (Å²) >= 11 is 0. The van der Waals surface area contributed by atoms with Crippen LogP contribution in [0.5, 0.6) is 5.75 Å². The van der Waals surface area contributed by atoms with Gasteiger partial charge < -0.3 is 10.1 Å². The van der Waals surface area contributed by atoms with E-state index in [-0.39, 0.29) is 0 Å². The first kappa shape index (κ1) is 12.4. The molecule has 0 bridgehead atoms. The van der Waals surface area contributed by atoms with Crippen molar-refractivity contribution < 1.29 is 4.74 Å². The highest BCUT2D eigenvalue weighted by Crippen LogP contribution is 2.27. The van der Waals surface area contributed by atoms with Gasteiger partial charge in [-0.15, -0.1) is 0 Å². The van der Waals surface area contributed by atoms with E-state index in [4.69, 9.17) is 4.74 Å². The third-order valence-corrected chi connectivity index (χ3v) is 3.71. The maximum atomic E-state index is 5.34. The summed E-state index contributed by atoms with van der Waals surface area (Å²) in [4.78, 5) is 0. The Morgan fingerprint density at radius 1 is 1.24 bits per heavy atom. The molecule has 0 atom stereocenters. The first-order chi connectivity index (χ1) is 8.40. The van der Waals surface area contributed by atoms with Crippen LogP contribution in [0.1, 0.15) is 37.7 Å². The number of nitrogens with one attached hydrogen (secondary N) is 1. The lowest BCUT2D eigenvalue weighted by Gasteiger charge is -2.11. The zero-order valence-corrected chi connectivity index (χ0v) is 10.7. The molecule has 2 rings (SSSR count). The predicted molar refractivity (Wildman–Crippen MR) is 71.3 cm³/mol. The molecule has 17 heavy (non-hydrogen) atoms. The van der Waals surface area contributed by atoms with Crippen LogP contribution in [-0.4, -0.2) is 13.7 Å². The van der Waals surface area contributed by atoms with E-state index in [2.05, 4.69) is 17.4 Å². The summed E-state index contributed by atoms with van der Waals surface area (Å²) in [5.41, 5.74) is 1.25. The quantitative estimate of drug-likeness (QED) is 0.761. The Balaban J connectivity index is 1.70. The van der Waals surface area contributed by atoms with Gasteiger partial charge in [0.15, 0.2) is 0 Å². The van der Waals surface area contributed by atoms with Gasteiger partial charge in [-0.3, -0.25) is 0 Å². The van der Waals surface area contributed by atoms with Crippen LogP contribution >= 0.6 is 0 Å². The SMILES string of the molecule is COc1ccccc1CNCCC1CCCC1. The van der Waals surface area contributed by atoms with Crippen molar-refractivity contribution >= 4 is 0 Å². The summed E-state index contributed by atoms with van der Waals surface area (Å²) < 4.78 is 5.34. The van der Waals surface area contributed by atoms with Gasteiger partial charge in [-0.05, 0) is 24.9 Å². The molecule has 1 fully saturated rings. The molecule has 0 spiro atoms. The number of para-hydroxylation sites is 1. The topological polar surface area (TPSA) is 21.3 Å². The van der Waals surface area contributed by atoms with Crippen molar-refractivity contribution in [3.05, 3.63) is 29.8 Å². The Morgan fingerprint density at radius 2 is 2.00 bits per heavy atom. The van der Waals surface area contributed by atoms with Gasteiger partial charge >= 0.3 is 0 Å². The van der Waals surface area contributed by atoms with Crippen molar-refractivity contribution in [2.45, 2.75) is 38.6 Å². The Kier molecular flexibility index (Phi) is 4.87. The molecule has 2 heteroatoms. The smallest absolute Gasteiger partial charge is 0.123 e. The maximum absolute atomic E-state index is 5.34. The van der Waals surface area contributed by atoms with Crippen LogP contribution in [0.4, 0.5) is 0 Å². The molecular formula is C15H23NO. The molecule has 1 N–H and O–H groups in total. The molecule has 1 aromatic carbocycles. The molecule has 1 aromatic rings. The number of ether oxygens (including phenoxy) is 1. The van der Waals surface area contributed by atoms with Crippen molar-refractivity contribution in [3.8, 4) is 5.75 Å². The lowest BCUT2D eigenvalue weighted by atomic mass is 10.0. The van der Waals surface area contributed by atoms with E-state index >= 15 is 0 Å². The molecule has 1 saturated carbocycles. The van der Waals surface area contributed by atoms with Crippen LogP contribution in [0.2, 0.25) is 0 Å². The van der Waals surface area contributed by atoms with Gasteiger partial charge in [-0.1, -0.05) is 43.9 Å². The second kappa shape index (κ2) is 6.65. The fourth-order valence-electron chi connectivity index (χ4n) is 2.68. The van der Waals surface area contributed by atoms with Gasteiger partial charge in [-0.2, -0.15) is 0 Å². The minimum absolute atomic E-state index is 0.913. The van der Waals surface area contributed by atoms with E-state index in [0.717, 1.165) is 24.8 Å². The molecular weight excluding hydrogens is 210 g/mol. The second-order valence-corrected chi connectivity index (χ2v) is 4.93. The lowest BCUT2D eigenvalue weighted by Crippen LogP contribution is -2.17. The Labute approximate surface area is 104 Å². The zero-order chi connectivity index (χ0) is 11.9. The van der Waals surface area contributed by atoms with Gasteiger partial charge in [0, 0.05) is 12.1 Å². The molecule has 1 aliphatic carbocycles. The largest absolute Gasteiger partial charge is 0.496 e. The standard InChI is InChI=1S/C15H23NO/c1-17-15-9-5-4-8-14(15)12-16-11-10-13-6-2-3-7-13/h4-5,8-9,13,16H,2-3,6-7,10-12H2,1H3. The molecule has 0 heterocycles. The monoisotopic (exact) mass is 233 g/mol. The van der Waals surface area contributed by atoms with Crippen LogP contribution < -0.4 is 10.1 Å². The second-order valence-electron chi connectivity index (χ2n) is 4.93. The van der Waals surface area contributed by atoms with Crippen molar-refractivity contribution in [3.63, 3.8) is 0 Å². The summed E-state index contributed by atoms with van der Waals surface area (Å²) in [6.07, 6.45) is 7.09. The summed E-state index contributed by atoms with van der Waals surface area (Å²) in [7, 11) is 1.73. The Bertz CT molecular complexity index is 331. The molecule has 0 amide bonds. The van der Waals surface area contributed by atoms with Gasteiger partial charge in [0.1, 0.15) is 5.75 Å². The normalized spacial score (nSPS) is 16.3. The maximum Gasteiger partial charge on any atom is 0.123 e. The molecule has 0 saturated heterocycles. The van der Waals surface area contributed by atoms with Gasteiger partial charge in [0.25, 0.3) is 0 Å². The number of methoxy groups -OCH3 is 1. The van der Waals surface area contributed by atoms with Crippen LogP contribution in [0.3, 0.4) is 0 Å². The van der Waals surface area contributed by atoms with E-state index in [9.17, 15) is 0 Å². The molecule has 94 valence electrons. The minimum atomic E-state index is 0.913.